The second-order valence-electron chi connectivity index (χ2n) is 6.52. The molecule has 5 rings (SSSR count). The van der Waals surface area contributed by atoms with E-state index in [9.17, 15) is 4.39 Å². The molecule has 0 aliphatic carbocycles. The molecule has 0 saturated carbocycles. The average molecular weight is 389 g/mol. The Morgan fingerprint density at radius 1 is 1.00 bits per heavy atom. The molecule has 0 atom stereocenters. The van der Waals surface area contributed by atoms with Gasteiger partial charge in [0.25, 0.3) is 0 Å². The molecule has 4 heterocycles. The highest BCUT2D eigenvalue weighted by Crippen LogP contribution is 2.31. The average Bonchev–Trinajstić information content (AvgIpc) is 3.46. The summed E-state index contributed by atoms with van der Waals surface area (Å²) in [6, 6.07) is 10.6. The fraction of sp³-hybridized carbons (Fsp3) is 0.100. The van der Waals surface area contributed by atoms with Crippen molar-refractivity contribution in [3.8, 4) is 39.9 Å². The molecule has 9 heteroatoms. The molecule has 0 fully saturated rings. The summed E-state index contributed by atoms with van der Waals surface area (Å²) in [5.41, 5.74) is 5.05. The Hall–Kier alpha value is -4.01. The zero-order valence-corrected chi connectivity index (χ0v) is 15.7. The molecule has 5 aromatic rings. The number of methoxy groups -OCH3 is 1. The molecule has 0 radical (unpaired) electrons. The Bertz CT molecular complexity index is 1320. The van der Waals surface area contributed by atoms with E-state index in [1.807, 2.05) is 29.8 Å². The number of aromatic nitrogens is 7. The quantitative estimate of drug-likeness (QED) is 0.510. The molecule has 0 unspecified atom stereocenters. The Balaban J connectivity index is 1.64. The van der Waals surface area contributed by atoms with Crippen molar-refractivity contribution in [2.24, 2.45) is 7.05 Å². The van der Waals surface area contributed by atoms with E-state index in [1.54, 1.807) is 36.2 Å². The number of halogens is 1. The maximum Gasteiger partial charge on any atom is 0.316 e. The molecule has 0 aliphatic rings. The number of benzene rings is 1. The fourth-order valence-electron chi connectivity index (χ4n) is 3.36. The van der Waals surface area contributed by atoms with E-state index in [2.05, 4.69) is 25.4 Å². The van der Waals surface area contributed by atoms with Crippen molar-refractivity contribution >= 4 is 5.65 Å². The first-order valence-corrected chi connectivity index (χ1v) is 8.86. The standard InChI is InChI=1S/C20H16FN7O/c1-27-19(25-26-20(27)29-2)16-10-22-17-8-5-13(11-28(16)17)15-9-23-24-18(15)12-3-6-14(21)7-4-12/h3-11H,1-2H3,(H,23,24). The van der Waals surface area contributed by atoms with Crippen molar-refractivity contribution in [2.75, 3.05) is 7.11 Å². The Morgan fingerprint density at radius 2 is 1.79 bits per heavy atom. The van der Waals surface area contributed by atoms with E-state index in [0.717, 1.165) is 33.7 Å². The molecular formula is C20H16FN7O. The third-order valence-corrected chi connectivity index (χ3v) is 4.84. The van der Waals surface area contributed by atoms with Gasteiger partial charge in [-0.05, 0) is 36.4 Å². The molecule has 0 saturated heterocycles. The van der Waals surface area contributed by atoms with Crippen LogP contribution in [0, 0.1) is 5.82 Å². The van der Waals surface area contributed by atoms with Gasteiger partial charge in [-0.3, -0.25) is 14.1 Å². The zero-order valence-electron chi connectivity index (χ0n) is 15.7. The van der Waals surface area contributed by atoms with Gasteiger partial charge in [-0.2, -0.15) is 5.10 Å². The lowest BCUT2D eigenvalue weighted by Gasteiger charge is -2.07. The van der Waals surface area contributed by atoms with Gasteiger partial charge in [-0.25, -0.2) is 9.37 Å². The summed E-state index contributed by atoms with van der Waals surface area (Å²) >= 11 is 0. The van der Waals surface area contributed by atoms with Gasteiger partial charge in [-0.15, -0.1) is 5.10 Å². The Kier molecular flexibility index (Phi) is 3.87. The maximum absolute atomic E-state index is 13.3. The van der Waals surface area contributed by atoms with Crippen LogP contribution in [0.3, 0.4) is 0 Å². The third kappa shape index (κ3) is 2.75. The van der Waals surface area contributed by atoms with Crippen LogP contribution in [-0.2, 0) is 7.05 Å². The van der Waals surface area contributed by atoms with Crippen LogP contribution in [0.25, 0.3) is 39.5 Å². The SMILES string of the molecule is COc1nnc(-c2cnc3ccc(-c4cn[nH]c4-c4ccc(F)cc4)cn23)n1C. The Morgan fingerprint density at radius 3 is 2.55 bits per heavy atom. The van der Waals surface area contributed by atoms with E-state index in [0.29, 0.717) is 11.8 Å². The van der Waals surface area contributed by atoms with Crippen LogP contribution in [0.1, 0.15) is 0 Å². The minimum Gasteiger partial charge on any atom is -0.467 e. The van der Waals surface area contributed by atoms with Crippen molar-refractivity contribution < 1.29 is 9.13 Å². The van der Waals surface area contributed by atoms with Crippen LogP contribution < -0.4 is 4.74 Å². The highest BCUT2D eigenvalue weighted by molar-refractivity contribution is 5.80. The second kappa shape index (κ2) is 6.55. The van der Waals surface area contributed by atoms with E-state index < -0.39 is 0 Å². The van der Waals surface area contributed by atoms with Crippen molar-refractivity contribution in [1.82, 2.24) is 34.3 Å². The lowest BCUT2D eigenvalue weighted by atomic mass is 10.0. The molecule has 0 spiro atoms. The van der Waals surface area contributed by atoms with E-state index >= 15 is 0 Å². The third-order valence-electron chi connectivity index (χ3n) is 4.84. The lowest BCUT2D eigenvalue weighted by Crippen LogP contribution is -1.99. The van der Waals surface area contributed by atoms with Crippen LogP contribution >= 0.6 is 0 Å². The molecule has 0 bridgehead atoms. The molecule has 8 nitrogen and oxygen atoms in total. The molecular weight excluding hydrogens is 373 g/mol. The number of nitrogens with one attached hydrogen (secondary N) is 1. The van der Waals surface area contributed by atoms with Crippen LogP contribution in [-0.4, -0.2) is 41.5 Å². The summed E-state index contributed by atoms with van der Waals surface area (Å²) in [6.07, 6.45) is 5.47. The smallest absolute Gasteiger partial charge is 0.316 e. The number of fused-ring (bicyclic) bond motifs is 1. The largest absolute Gasteiger partial charge is 0.467 e. The summed E-state index contributed by atoms with van der Waals surface area (Å²) in [6.45, 7) is 0. The van der Waals surface area contributed by atoms with Crippen molar-refractivity contribution in [2.45, 2.75) is 0 Å². The molecule has 144 valence electrons. The molecule has 4 aromatic heterocycles. The number of aromatic amines is 1. The summed E-state index contributed by atoms with van der Waals surface area (Å²) in [4.78, 5) is 4.46. The van der Waals surface area contributed by atoms with Crippen molar-refractivity contribution in [3.05, 3.63) is 60.8 Å². The Labute approximate surface area is 164 Å². The van der Waals surface area contributed by atoms with Gasteiger partial charge in [0, 0.05) is 29.9 Å². The van der Waals surface area contributed by atoms with Gasteiger partial charge in [0.05, 0.1) is 25.2 Å². The predicted molar refractivity (Wildman–Crippen MR) is 105 cm³/mol. The minimum absolute atomic E-state index is 0.279. The minimum atomic E-state index is -0.279. The first kappa shape index (κ1) is 17.1. The highest BCUT2D eigenvalue weighted by atomic mass is 19.1. The summed E-state index contributed by atoms with van der Waals surface area (Å²) in [5, 5.41) is 15.4. The first-order valence-electron chi connectivity index (χ1n) is 8.86. The normalized spacial score (nSPS) is 11.3. The van der Waals surface area contributed by atoms with Gasteiger partial charge >= 0.3 is 6.01 Å². The fourth-order valence-corrected chi connectivity index (χ4v) is 3.36. The summed E-state index contributed by atoms with van der Waals surface area (Å²) in [5.74, 6) is 0.357. The monoisotopic (exact) mass is 389 g/mol. The topological polar surface area (TPSA) is 85.9 Å². The van der Waals surface area contributed by atoms with Crippen LogP contribution in [0.4, 0.5) is 4.39 Å². The van der Waals surface area contributed by atoms with Crippen LogP contribution in [0.15, 0.2) is 55.0 Å². The molecule has 1 N–H and O–H groups in total. The number of rotatable bonds is 4. The van der Waals surface area contributed by atoms with Crippen LogP contribution in [0.2, 0.25) is 0 Å². The number of pyridine rings is 1. The van der Waals surface area contributed by atoms with Gasteiger partial charge in [0.1, 0.15) is 17.2 Å². The predicted octanol–water partition coefficient (Wildman–Crippen LogP) is 3.33. The zero-order chi connectivity index (χ0) is 20.0. The molecule has 0 amide bonds. The van der Waals surface area contributed by atoms with Crippen LogP contribution in [0.5, 0.6) is 6.01 Å². The van der Waals surface area contributed by atoms with Gasteiger partial charge in [0.2, 0.25) is 0 Å². The highest BCUT2D eigenvalue weighted by Gasteiger charge is 2.17. The second-order valence-corrected chi connectivity index (χ2v) is 6.52. The number of hydrogen-bond donors (Lipinski definition) is 1. The number of hydrogen-bond acceptors (Lipinski definition) is 5. The number of imidazole rings is 1. The van der Waals surface area contributed by atoms with Gasteiger partial charge < -0.3 is 4.74 Å². The molecule has 0 aliphatic heterocycles. The van der Waals surface area contributed by atoms with Crippen molar-refractivity contribution in [1.29, 1.82) is 0 Å². The van der Waals surface area contributed by atoms with E-state index in [-0.39, 0.29) is 5.82 Å². The first-order chi connectivity index (χ1) is 14.2. The summed E-state index contributed by atoms with van der Waals surface area (Å²) in [7, 11) is 3.39. The maximum atomic E-state index is 13.3. The van der Waals surface area contributed by atoms with Gasteiger partial charge in [0.15, 0.2) is 5.82 Å². The lowest BCUT2D eigenvalue weighted by molar-refractivity contribution is 0.365. The molecule has 29 heavy (non-hydrogen) atoms. The van der Waals surface area contributed by atoms with Gasteiger partial charge in [-0.1, -0.05) is 5.10 Å². The van der Waals surface area contributed by atoms with Crippen molar-refractivity contribution in [3.63, 3.8) is 0 Å². The summed E-state index contributed by atoms with van der Waals surface area (Å²) < 4.78 is 22.2. The number of H-pyrrole nitrogens is 1. The molecule has 1 aromatic carbocycles. The number of ether oxygens (including phenoxy) is 1. The van der Waals surface area contributed by atoms with E-state index in [4.69, 9.17) is 4.74 Å². The van der Waals surface area contributed by atoms with E-state index in [1.165, 1.54) is 12.1 Å². The number of nitrogens with zero attached hydrogens (tertiary/aromatic N) is 6.